The lowest BCUT2D eigenvalue weighted by Crippen LogP contribution is -2.09. The van der Waals surface area contributed by atoms with Gasteiger partial charge < -0.3 is 5.32 Å². The lowest BCUT2D eigenvalue weighted by atomic mass is 10.1. The normalized spacial score (nSPS) is 9.95. The van der Waals surface area contributed by atoms with Crippen molar-refractivity contribution in [3.8, 4) is 6.07 Å². The second-order valence-electron chi connectivity index (χ2n) is 4.74. The Hall–Kier alpha value is -2.67. The van der Waals surface area contributed by atoms with Crippen molar-refractivity contribution in [2.24, 2.45) is 0 Å². The number of carbonyl (C=O) groups excluding carboxylic acids is 1. The SMILES string of the molecule is CC(=O)c1ccc(C#N)cc1NCCc1cccc(F)c1. The van der Waals surface area contributed by atoms with Gasteiger partial charge in [0.25, 0.3) is 0 Å². The molecular formula is C17H15FN2O. The molecule has 4 heteroatoms. The summed E-state index contributed by atoms with van der Waals surface area (Å²) in [6.07, 6.45) is 0.631. The van der Waals surface area contributed by atoms with Crippen LogP contribution >= 0.6 is 0 Å². The van der Waals surface area contributed by atoms with Gasteiger partial charge >= 0.3 is 0 Å². The first kappa shape index (κ1) is 14.7. The first-order valence-electron chi connectivity index (χ1n) is 6.63. The number of nitriles is 1. The Labute approximate surface area is 123 Å². The van der Waals surface area contributed by atoms with Crippen LogP contribution in [0.15, 0.2) is 42.5 Å². The van der Waals surface area contributed by atoms with E-state index < -0.39 is 0 Å². The number of anilines is 1. The molecular weight excluding hydrogens is 267 g/mol. The van der Waals surface area contributed by atoms with E-state index in [1.807, 2.05) is 12.1 Å². The smallest absolute Gasteiger partial charge is 0.161 e. The van der Waals surface area contributed by atoms with Crippen molar-refractivity contribution in [2.45, 2.75) is 13.3 Å². The Balaban J connectivity index is 2.09. The van der Waals surface area contributed by atoms with Gasteiger partial charge in [-0.25, -0.2) is 4.39 Å². The fourth-order valence-electron chi connectivity index (χ4n) is 2.10. The minimum Gasteiger partial charge on any atom is -0.384 e. The maximum absolute atomic E-state index is 13.1. The molecule has 0 aromatic heterocycles. The van der Waals surface area contributed by atoms with E-state index >= 15 is 0 Å². The molecule has 0 bridgehead atoms. The van der Waals surface area contributed by atoms with Crippen LogP contribution in [-0.2, 0) is 6.42 Å². The molecule has 0 heterocycles. The van der Waals surface area contributed by atoms with E-state index in [2.05, 4.69) is 5.32 Å². The van der Waals surface area contributed by atoms with Crippen molar-refractivity contribution in [1.29, 1.82) is 5.26 Å². The molecule has 2 aromatic carbocycles. The first-order valence-corrected chi connectivity index (χ1v) is 6.63. The molecule has 3 nitrogen and oxygen atoms in total. The van der Waals surface area contributed by atoms with Crippen LogP contribution in [0.1, 0.15) is 28.4 Å². The number of rotatable bonds is 5. The number of halogens is 1. The standard InChI is InChI=1S/C17H15FN2O/c1-12(21)16-6-5-14(11-19)10-17(16)20-8-7-13-3-2-4-15(18)9-13/h2-6,9-10,20H,7-8H2,1H3. The molecule has 1 N–H and O–H groups in total. The predicted octanol–water partition coefficient (Wildman–Crippen LogP) is 3.55. The van der Waals surface area contributed by atoms with E-state index in [9.17, 15) is 9.18 Å². The molecule has 0 atom stereocenters. The van der Waals surface area contributed by atoms with Gasteiger partial charge in [-0.3, -0.25) is 4.79 Å². The zero-order chi connectivity index (χ0) is 15.2. The maximum Gasteiger partial charge on any atom is 0.161 e. The minimum absolute atomic E-state index is 0.0623. The van der Waals surface area contributed by atoms with Gasteiger partial charge in [-0.05, 0) is 49.2 Å². The maximum atomic E-state index is 13.1. The van der Waals surface area contributed by atoms with Crippen LogP contribution in [0.25, 0.3) is 0 Å². The highest BCUT2D eigenvalue weighted by Gasteiger charge is 2.08. The van der Waals surface area contributed by atoms with Crippen LogP contribution in [0.3, 0.4) is 0 Å². The molecule has 0 aliphatic rings. The third-order valence-corrected chi connectivity index (χ3v) is 3.15. The van der Waals surface area contributed by atoms with Crippen molar-refractivity contribution < 1.29 is 9.18 Å². The molecule has 0 amide bonds. The monoisotopic (exact) mass is 282 g/mol. The topological polar surface area (TPSA) is 52.9 Å². The molecule has 2 rings (SSSR count). The number of nitrogens with zero attached hydrogens (tertiary/aromatic N) is 1. The number of carbonyl (C=O) groups is 1. The van der Waals surface area contributed by atoms with Crippen LogP contribution in [0.4, 0.5) is 10.1 Å². The largest absolute Gasteiger partial charge is 0.384 e. The third kappa shape index (κ3) is 3.90. The van der Waals surface area contributed by atoms with Crippen molar-refractivity contribution in [2.75, 3.05) is 11.9 Å². The van der Waals surface area contributed by atoms with Crippen LogP contribution in [0, 0.1) is 17.1 Å². The Bertz CT molecular complexity index is 704. The highest BCUT2D eigenvalue weighted by atomic mass is 19.1. The van der Waals surface area contributed by atoms with Gasteiger partial charge in [-0.15, -0.1) is 0 Å². The van der Waals surface area contributed by atoms with Crippen LogP contribution in [0.5, 0.6) is 0 Å². The average Bonchev–Trinajstić information content (AvgIpc) is 2.47. The summed E-state index contributed by atoms with van der Waals surface area (Å²) < 4.78 is 13.1. The number of benzene rings is 2. The lowest BCUT2D eigenvalue weighted by molar-refractivity contribution is 0.101. The summed E-state index contributed by atoms with van der Waals surface area (Å²) in [6.45, 7) is 2.04. The van der Waals surface area contributed by atoms with Gasteiger partial charge in [-0.2, -0.15) is 5.26 Å². The van der Waals surface area contributed by atoms with Gasteiger partial charge in [0.05, 0.1) is 11.6 Å². The van der Waals surface area contributed by atoms with Crippen molar-refractivity contribution >= 4 is 11.5 Å². The summed E-state index contributed by atoms with van der Waals surface area (Å²) in [5, 5.41) is 12.1. The van der Waals surface area contributed by atoms with E-state index in [0.717, 1.165) is 5.56 Å². The molecule has 0 fully saturated rings. The first-order chi connectivity index (χ1) is 10.1. The van der Waals surface area contributed by atoms with Crippen LogP contribution < -0.4 is 5.32 Å². The quantitative estimate of drug-likeness (QED) is 0.853. The van der Waals surface area contributed by atoms with Gasteiger partial charge in [0.15, 0.2) is 5.78 Å². The van der Waals surface area contributed by atoms with Gasteiger partial charge in [0, 0.05) is 17.8 Å². The molecule has 0 saturated heterocycles. The highest BCUT2D eigenvalue weighted by Crippen LogP contribution is 2.18. The molecule has 106 valence electrons. The predicted molar refractivity (Wildman–Crippen MR) is 79.8 cm³/mol. The highest BCUT2D eigenvalue weighted by molar-refractivity contribution is 5.99. The number of hydrogen-bond donors (Lipinski definition) is 1. The molecule has 0 aliphatic carbocycles. The van der Waals surface area contributed by atoms with Gasteiger partial charge in [0.2, 0.25) is 0 Å². The number of ketones is 1. The molecule has 0 saturated carbocycles. The fourth-order valence-corrected chi connectivity index (χ4v) is 2.10. The van der Waals surface area contributed by atoms with Crippen LogP contribution in [0.2, 0.25) is 0 Å². The van der Waals surface area contributed by atoms with E-state index in [1.54, 1.807) is 24.3 Å². The molecule has 2 aromatic rings. The number of nitrogens with one attached hydrogen (secondary N) is 1. The average molecular weight is 282 g/mol. The van der Waals surface area contributed by atoms with Gasteiger partial charge in [-0.1, -0.05) is 12.1 Å². The molecule has 0 aliphatic heterocycles. The molecule has 0 radical (unpaired) electrons. The summed E-state index contributed by atoms with van der Waals surface area (Å²) in [5.41, 5.74) is 2.56. The number of Topliss-reactive ketones (excluding diaryl/α,β-unsaturated/α-hetero) is 1. The molecule has 21 heavy (non-hydrogen) atoms. The second-order valence-corrected chi connectivity index (χ2v) is 4.74. The van der Waals surface area contributed by atoms with E-state index in [-0.39, 0.29) is 11.6 Å². The Kier molecular flexibility index (Phi) is 4.68. The third-order valence-electron chi connectivity index (χ3n) is 3.15. The van der Waals surface area contributed by atoms with Crippen molar-refractivity contribution in [3.05, 3.63) is 65.0 Å². The molecule has 0 unspecified atom stereocenters. The molecule has 0 spiro atoms. The summed E-state index contributed by atoms with van der Waals surface area (Å²) in [7, 11) is 0. The van der Waals surface area contributed by atoms with Gasteiger partial charge in [0.1, 0.15) is 5.82 Å². The van der Waals surface area contributed by atoms with E-state index in [0.29, 0.717) is 29.8 Å². The Morgan fingerprint density at radius 2 is 2.10 bits per heavy atom. The lowest BCUT2D eigenvalue weighted by Gasteiger charge is -2.11. The second kappa shape index (κ2) is 6.67. The van der Waals surface area contributed by atoms with Crippen molar-refractivity contribution in [3.63, 3.8) is 0 Å². The fraction of sp³-hybridized carbons (Fsp3) is 0.176. The summed E-state index contributed by atoms with van der Waals surface area (Å²) >= 11 is 0. The zero-order valence-corrected chi connectivity index (χ0v) is 11.7. The van der Waals surface area contributed by atoms with E-state index in [4.69, 9.17) is 5.26 Å². The Morgan fingerprint density at radius 3 is 2.76 bits per heavy atom. The van der Waals surface area contributed by atoms with Crippen molar-refractivity contribution in [1.82, 2.24) is 0 Å². The number of hydrogen-bond acceptors (Lipinski definition) is 3. The summed E-state index contributed by atoms with van der Waals surface area (Å²) in [6, 6.07) is 13.4. The summed E-state index contributed by atoms with van der Waals surface area (Å²) in [4.78, 5) is 11.6. The van der Waals surface area contributed by atoms with Crippen LogP contribution in [-0.4, -0.2) is 12.3 Å². The zero-order valence-electron chi connectivity index (χ0n) is 11.7. The summed E-state index contributed by atoms with van der Waals surface area (Å²) in [5.74, 6) is -0.323. The Morgan fingerprint density at radius 1 is 1.29 bits per heavy atom. The van der Waals surface area contributed by atoms with E-state index in [1.165, 1.54) is 19.1 Å². The minimum atomic E-state index is -0.261.